The maximum atomic E-state index is 11.9. The van der Waals surface area contributed by atoms with Crippen LogP contribution in [-0.4, -0.2) is 70.7 Å². The Balaban J connectivity index is 0.00000364. The highest BCUT2D eigenvalue weighted by Crippen LogP contribution is 2.28. The molecule has 0 spiro atoms. The summed E-state index contributed by atoms with van der Waals surface area (Å²) in [5.74, 6) is 1.56. The van der Waals surface area contributed by atoms with E-state index in [4.69, 9.17) is 4.74 Å². The minimum Gasteiger partial charge on any atom is -0.381 e. The van der Waals surface area contributed by atoms with E-state index in [-0.39, 0.29) is 53.9 Å². The van der Waals surface area contributed by atoms with Crippen molar-refractivity contribution in [1.29, 1.82) is 0 Å². The number of rotatable bonds is 11. The normalized spacial score (nSPS) is 21.4. The highest BCUT2D eigenvalue weighted by atomic mass is 127. The van der Waals surface area contributed by atoms with Crippen molar-refractivity contribution < 1.29 is 17.9 Å². The van der Waals surface area contributed by atoms with E-state index >= 15 is 0 Å². The molecule has 3 N–H and O–H groups in total. The maximum Gasteiger partial charge on any atom is 0.222 e. The molecule has 1 saturated heterocycles. The topological polar surface area (TPSA) is 109 Å². The molecular formula is C17H33IN4O4S. The van der Waals surface area contributed by atoms with Gasteiger partial charge in [0, 0.05) is 45.3 Å². The van der Waals surface area contributed by atoms with Crippen LogP contribution in [0.3, 0.4) is 0 Å². The van der Waals surface area contributed by atoms with Crippen LogP contribution in [-0.2, 0) is 19.4 Å². The van der Waals surface area contributed by atoms with Gasteiger partial charge in [0.1, 0.15) is 0 Å². The summed E-state index contributed by atoms with van der Waals surface area (Å²) in [6.45, 7) is 5.46. The van der Waals surface area contributed by atoms with Crippen molar-refractivity contribution in [2.45, 2.75) is 45.1 Å². The Morgan fingerprint density at radius 2 is 2.00 bits per heavy atom. The molecule has 10 heteroatoms. The van der Waals surface area contributed by atoms with Crippen LogP contribution in [0.4, 0.5) is 0 Å². The first-order valence-corrected chi connectivity index (χ1v) is 11.4. The molecule has 0 radical (unpaired) electrons. The van der Waals surface area contributed by atoms with Crippen molar-refractivity contribution in [1.82, 2.24) is 16.0 Å². The number of carbonyl (C=O) groups is 1. The zero-order chi connectivity index (χ0) is 18.8. The second kappa shape index (κ2) is 12.8. The molecular weight excluding hydrogens is 483 g/mol. The summed E-state index contributed by atoms with van der Waals surface area (Å²) in [4.78, 5) is 16.4. The molecule has 158 valence electrons. The lowest BCUT2D eigenvalue weighted by Crippen LogP contribution is -2.41. The first-order chi connectivity index (χ1) is 12.5. The van der Waals surface area contributed by atoms with E-state index in [0.717, 1.165) is 32.1 Å². The predicted octanol–water partition coefficient (Wildman–Crippen LogP) is 0.670. The summed E-state index contributed by atoms with van der Waals surface area (Å²) in [6, 6.07) is -0.245. The van der Waals surface area contributed by atoms with Crippen molar-refractivity contribution in [3.8, 4) is 0 Å². The first kappa shape index (κ1) is 24.4. The minimum absolute atomic E-state index is 0. The smallest absolute Gasteiger partial charge is 0.222 e. The number of ether oxygens (including phenoxy) is 1. The molecule has 8 nitrogen and oxygen atoms in total. The lowest BCUT2D eigenvalue weighted by Gasteiger charge is -2.13. The Bertz CT molecular complexity index is 581. The standard InChI is InChI=1S/C17H32N4O4S.HI/c1-2-18-17(19-8-3-10-25-12-14-4-5-14)20-9-6-16(22)21-15-7-11-26(23,24)13-15;/h14-15H,2-13H2,1H3,(H,21,22)(H2,18,19,20);1H. The molecule has 1 atom stereocenters. The number of amides is 1. The molecule has 0 bridgehead atoms. The molecule has 1 heterocycles. The molecule has 1 saturated carbocycles. The fourth-order valence-corrected chi connectivity index (χ4v) is 4.41. The van der Waals surface area contributed by atoms with Gasteiger partial charge in [-0.05, 0) is 38.5 Å². The summed E-state index contributed by atoms with van der Waals surface area (Å²) >= 11 is 0. The van der Waals surface area contributed by atoms with Crippen molar-refractivity contribution in [3.05, 3.63) is 0 Å². The molecule has 0 aromatic rings. The fraction of sp³-hybridized carbons (Fsp3) is 0.882. The van der Waals surface area contributed by atoms with Crippen LogP contribution < -0.4 is 16.0 Å². The van der Waals surface area contributed by atoms with Crippen LogP contribution in [0.2, 0.25) is 0 Å². The second-order valence-corrected chi connectivity index (χ2v) is 9.21. The highest BCUT2D eigenvalue weighted by molar-refractivity contribution is 14.0. The Hall–Kier alpha value is -0.620. The number of guanidine groups is 1. The van der Waals surface area contributed by atoms with Crippen molar-refractivity contribution >= 4 is 45.7 Å². The Morgan fingerprint density at radius 1 is 1.22 bits per heavy atom. The summed E-state index contributed by atoms with van der Waals surface area (Å²) in [6.07, 6.45) is 4.27. The molecule has 1 amide bonds. The second-order valence-electron chi connectivity index (χ2n) is 6.98. The maximum absolute atomic E-state index is 11.9. The van der Waals surface area contributed by atoms with Crippen LogP contribution in [0.1, 0.15) is 39.0 Å². The zero-order valence-electron chi connectivity index (χ0n) is 16.0. The van der Waals surface area contributed by atoms with Gasteiger partial charge in [-0.3, -0.25) is 9.79 Å². The lowest BCUT2D eigenvalue weighted by molar-refractivity contribution is -0.121. The van der Waals surface area contributed by atoms with Gasteiger partial charge in [0.05, 0.1) is 11.5 Å². The lowest BCUT2D eigenvalue weighted by atomic mass is 10.2. The van der Waals surface area contributed by atoms with Crippen LogP contribution >= 0.6 is 24.0 Å². The van der Waals surface area contributed by atoms with Gasteiger partial charge in [0.2, 0.25) is 5.91 Å². The minimum atomic E-state index is -2.97. The molecule has 0 aromatic heterocycles. The molecule has 1 aliphatic carbocycles. The molecule has 1 aliphatic heterocycles. The predicted molar refractivity (Wildman–Crippen MR) is 117 cm³/mol. The molecule has 2 fully saturated rings. The van der Waals surface area contributed by atoms with Crippen LogP contribution in [0, 0.1) is 5.92 Å². The van der Waals surface area contributed by atoms with Gasteiger partial charge in [-0.2, -0.15) is 0 Å². The average Bonchev–Trinajstić information content (AvgIpc) is 3.34. The van der Waals surface area contributed by atoms with Crippen molar-refractivity contribution in [2.24, 2.45) is 10.9 Å². The third kappa shape index (κ3) is 11.1. The number of nitrogens with one attached hydrogen (secondary N) is 3. The number of hydrogen-bond donors (Lipinski definition) is 3. The number of sulfone groups is 1. The third-order valence-electron chi connectivity index (χ3n) is 4.35. The average molecular weight is 516 g/mol. The zero-order valence-corrected chi connectivity index (χ0v) is 19.2. The van der Waals surface area contributed by atoms with Crippen LogP contribution in [0.5, 0.6) is 0 Å². The fourth-order valence-electron chi connectivity index (χ4n) is 2.74. The summed E-state index contributed by atoms with van der Waals surface area (Å²) in [5, 5.41) is 9.06. The summed E-state index contributed by atoms with van der Waals surface area (Å²) in [7, 11) is -2.97. The van der Waals surface area contributed by atoms with E-state index in [9.17, 15) is 13.2 Å². The number of aliphatic imine (C=N–C) groups is 1. The summed E-state index contributed by atoms with van der Waals surface area (Å²) < 4.78 is 28.4. The largest absolute Gasteiger partial charge is 0.381 e. The number of hydrogen-bond acceptors (Lipinski definition) is 5. The van der Waals surface area contributed by atoms with Gasteiger partial charge in [0.25, 0.3) is 0 Å². The number of carbonyl (C=O) groups excluding carboxylic acids is 1. The van der Waals surface area contributed by atoms with Gasteiger partial charge >= 0.3 is 0 Å². The van der Waals surface area contributed by atoms with Gasteiger partial charge in [-0.25, -0.2) is 8.42 Å². The molecule has 2 rings (SSSR count). The molecule has 27 heavy (non-hydrogen) atoms. The van der Waals surface area contributed by atoms with Gasteiger partial charge < -0.3 is 20.7 Å². The van der Waals surface area contributed by atoms with Crippen molar-refractivity contribution in [2.75, 3.05) is 44.4 Å². The van der Waals surface area contributed by atoms with Gasteiger partial charge in [-0.15, -0.1) is 24.0 Å². The Labute approximate surface area is 179 Å². The van der Waals surface area contributed by atoms with E-state index < -0.39 is 9.84 Å². The van der Waals surface area contributed by atoms with Crippen LogP contribution in [0.25, 0.3) is 0 Å². The number of halogens is 1. The van der Waals surface area contributed by atoms with Gasteiger partial charge in [0.15, 0.2) is 15.8 Å². The molecule has 1 unspecified atom stereocenters. The van der Waals surface area contributed by atoms with Crippen LogP contribution in [0.15, 0.2) is 4.99 Å². The molecule has 0 aromatic carbocycles. The van der Waals surface area contributed by atoms with E-state index in [1.54, 1.807) is 0 Å². The SMILES string of the molecule is CCNC(=NCCCOCC1CC1)NCCC(=O)NC1CCS(=O)(=O)C1.I. The summed E-state index contributed by atoms with van der Waals surface area (Å²) in [5.41, 5.74) is 0. The highest BCUT2D eigenvalue weighted by Gasteiger charge is 2.28. The van der Waals surface area contributed by atoms with Crippen molar-refractivity contribution in [3.63, 3.8) is 0 Å². The Morgan fingerprint density at radius 3 is 2.63 bits per heavy atom. The quantitative estimate of drug-likeness (QED) is 0.161. The first-order valence-electron chi connectivity index (χ1n) is 9.58. The van der Waals surface area contributed by atoms with E-state index in [2.05, 4.69) is 20.9 Å². The Kier molecular flexibility index (Phi) is 11.5. The number of nitrogens with zero attached hydrogens (tertiary/aromatic N) is 1. The third-order valence-corrected chi connectivity index (χ3v) is 6.12. The van der Waals surface area contributed by atoms with Gasteiger partial charge in [-0.1, -0.05) is 0 Å². The van der Waals surface area contributed by atoms with E-state index in [1.165, 1.54) is 12.8 Å². The van der Waals surface area contributed by atoms with E-state index in [1.807, 2.05) is 6.92 Å². The molecule has 2 aliphatic rings. The van der Waals surface area contributed by atoms with E-state index in [0.29, 0.717) is 25.5 Å². The monoisotopic (exact) mass is 516 g/mol.